The first-order valence-electron chi connectivity index (χ1n) is 6.69. The predicted molar refractivity (Wildman–Crippen MR) is 84.1 cm³/mol. The van der Waals surface area contributed by atoms with Gasteiger partial charge in [-0.05, 0) is 36.4 Å². The highest BCUT2D eigenvalue weighted by atomic mass is 15.5. The Bertz CT molecular complexity index is 603. The van der Waals surface area contributed by atoms with Gasteiger partial charge in [0.25, 0.3) is 0 Å². The van der Waals surface area contributed by atoms with Crippen LogP contribution in [0.2, 0.25) is 0 Å². The Morgan fingerprint density at radius 3 is 2.05 bits per heavy atom. The zero-order valence-corrected chi connectivity index (χ0v) is 11.2. The quantitative estimate of drug-likeness (QED) is 0.877. The fraction of sp³-hybridized carbons (Fsp3) is 0.0588. The van der Waals surface area contributed by atoms with Gasteiger partial charge in [0.2, 0.25) is 0 Å². The summed E-state index contributed by atoms with van der Waals surface area (Å²) in [6.45, 7) is 0.820. The van der Waals surface area contributed by atoms with E-state index in [0.717, 1.165) is 23.6 Å². The van der Waals surface area contributed by atoms with Crippen LogP contribution in [0.25, 0.3) is 0 Å². The Balaban J connectivity index is 1.57. The van der Waals surface area contributed by atoms with Crippen LogP contribution >= 0.6 is 0 Å². The van der Waals surface area contributed by atoms with Gasteiger partial charge in [-0.1, -0.05) is 36.4 Å². The molecule has 0 spiro atoms. The molecule has 3 rings (SSSR count). The van der Waals surface area contributed by atoms with Crippen LogP contribution < -0.4 is 10.7 Å². The maximum atomic E-state index is 3.39. The van der Waals surface area contributed by atoms with E-state index in [1.54, 1.807) is 0 Å². The standard InChI is InChI=1S/C17H17N3/c1-3-7-15(8-4-1)18-16-11-13-20(14-12-16)19-17-9-5-2-6-10-17/h1-13,18-19H,14H2. The molecule has 2 aromatic rings. The molecular formula is C17H17N3. The summed E-state index contributed by atoms with van der Waals surface area (Å²) in [6.07, 6.45) is 6.26. The molecule has 100 valence electrons. The molecular weight excluding hydrogens is 246 g/mol. The van der Waals surface area contributed by atoms with Crippen molar-refractivity contribution < 1.29 is 0 Å². The molecule has 0 radical (unpaired) electrons. The molecule has 0 bridgehead atoms. The second-order valence-electron chi connectivity index (χ2n) is 4.60. The Morgan fingerprint density at radius 1 is 0.800 bits per heavy atom. The lowest BCUT2D eigenvalue weighted by Crippen LogP contribution is -2.27. The predicted octanol–water partition coefficient (Wildman–Crippen LogP) is 3.84. The third-order valence-electron chi connectivity index (χ3n) is 3.05. The zero-order valence-electron chi connectivity index (χ0n) is 11.2. The van der Waals surface area contributed by atoms with E-state index in [1.165, 1.54) is 0 Å². The minimum atomic E-state index is 0.820. The molecule has 2 N–H and O–H groups in total. The van der Waals surface area contributed by atoms with Gasteiger partial charge in [0.05, 0.1) is 12.2 Å². The Labute approximate surface area is 119 Å². The van der Waals surface area contributed by atoms with E-state index in [-0.39, 0.29) is 0 Å². The molecule has 3 nitrogen and oxygen atoms in total. The largest absolute Gasteiger partial charge is 0.356 e. The van der Waals surface area contributed by atoms with Crippen LogP contribution in [-0.2, 0) is 0 Å². The molecule has 20 heavy (non-hydrogen) atoms. The number of nitrogens with zero attached hydrogens (tertiary/aromatic N) is 1. The minimum Gasteiger partial charge on any atom is -0.356 e. The van der Waals surface area contributed by atoms with E-state index in [4.69, 9.17) is 0 Å². The maximum Gasteiger partial charge on any atom is 0.0590 e. The van der Waals surface area contributed by atoms with Crippen LogP contribution in [-0.4, -0.2) is 11.6 Å². The van der Waals surface area contributed by atoms with Crippen molar-refractivity contribution in [1.82, 2.24) is 5.01 Å². The lowest BCUT2D eigenvalue weighted by atomic mass is 10.2. The molecule has 0 aromatic heterocycles. The number of hydrogen-bond acceptors (Lipinski definition) is 3. The molecule has 0 fully saturated rings. The molecule has 0 saturated carbocycles. The van der Waals surface area contributed by atoms with Gasteiger partial charge in [-0.25, -0.2) is 0 Å². The van der Waals surface area contributed by atoms with E-state index in [1.807, 2.05) is 47.6 Å². The van der Waals surface area contributed by atoms with Crippen molar-refractivity contribution in [3.05, 3.63) is 84.7 Å². The Hall–Kier alpha value is -2.68. The topological polar surface area (TPSA) is 27.3 Å². The van der Waals surface area contributed by atoms with Gasteiger partial charge in [0, 0.05) is 17.6 Å². The highest BCUT2D eigenvalue weighted by molar-refractivity contribution is 5.51. The van der Waals surface area contributed by atoms with Crippen molar-refractivity contribution in [3.63, 3.8) is 0 Å². The summed E-state index contributed by atoms with van der Waals surface area (Å²) in [6, 6.07) is 20.3. The van der Waals surface area contributed by atoms with Gasteiger partial charge in [0.1, 0.15) is 0 Å². The normalized spacial score (nSPS) is 13.8. The molecule has 0 aliphatic carbocycles. The number of allylic oxidation sites excluding steroid dienone is 1. The van der Waals surface area contributed by atoms with Gasteiger partial charge in [-0.2, -0.15) is 0 Å². The van der Waals surface area contributed by atoms with Gasteiger partial charge in [0.15, 0.2) is 0 Å². The number of para-hydroxylation sites is 2. The molecule has 0 atom stereocenters. The summed E-state index contributed by atoms with van der Waals surface area (Å²) in [5.41, 5.74) is 6.65. The van der Waals surface area contributed by atoms with E-state index >= 15 is 0 Å². The fourth-order valence-corrected chi connectivity index (χ4v) is 2.04. The molecule has 0 amide bonds. The van der Waals surface area contributed by atoms with Crippen molar-refractivity contribution in [2.24, 2.45) is 0 Å². The summed E-state index contributed by atoms with van der Waals surface area (Å²) in [7, 11) is 0. The van der Waals surface area contributed by atoms with Gasteiger partial charge in [-0.3, -0.25) is 10.4 Å². The smallest absolute Gasteiger partial charge is 0.0590 e. The monoisotopic (exact) mass is 263 g/mol. The van der Waals surface area contributed by atoms with Crippen molar-refractivity contribution >= 4 is 11.4 Å². The highest BCUT2D eigenvalue weighted by Crippen LogP contribution is 2.14. The van der Waals surface area contributed by atoms with Crippen molar-refractivity contribution in [1.29, 1.82) is 0 Å². The SMILES string of the molecule is C1=CN(Nc2ccccc2)CC=C1Nc1ccccc1. The lowest BCUT2D eigenvalue weighted by molar-refractivity contribution is 0.493. The molecule has 1 aliphatic rings. The van der Waals surface area contributed by atoms with Crippen molar-refractivity contribution in [2.75, 3.05) is 17.3 Å². The fourth-order valence-electron chi connectivity index (χ4n) is 2.04. The summed E-state index contributed by atoms with van der Waals surface area (Å²) >= 11 is 0. The van der Waals surface area contributed by atoms with Gasteiger partial charge < -0.3 is 5.32 Å². The van der Waals surface area contributed by atoms with Crippen LogP contribution in [0.1, 0.15) is 0 Å². The second-order valence-corrected chi connectivity index (χ2v) is 4.60. The molecule has 1 aliphatic heterocycles. The molecule has 2 aromatic carbocycles. The maximum absolute atomic E-state index is 3.39. The van der Waals surface area contributed by atoms with E-state index in [9.17, 15) is 0 Å². The van der Waals surface area contributed by atoms with Crippen LogP contribution in [0, 0.1) is 0 Å². The van der Waals surface area contributed by atoms with Crippen LogP contribution in [0.4, 0.5) is 11.4 Å². The van der Waals surface area contributed by atoms with E-state index < -0.39 is 0 Å². The van der Waals surface area contributed by atoms with Crippen molar-refractivity contribution in [2.45, 2.75) is 0 Å². The van der Waals surface area contributed by atoms with Crippen LogP contribution in [0.15, 0.2) is 84.7 Å². The Kier molecular flexibility index (Phi) is 3.69. The van der Waals surface area contributed by atoms with Crippen molar-refractivity contribution in [3.8, 4) is 0 Å². The number of hydrazine groups is 1. The third kappa shape index (κ3) is 3.20. The third-order valence-corrected chi connectivity index (χ3v) is 3.05. The summed E-state index contributed by atoms with van der Waals surface area (Å²) in [5.74, 6) is 0. The highest BCUT2D eigenvalue weighted by Gasteiger charge is 2.04. The van der Waals surface area contributed by atoms with Gasteiger partial charge in [-0.15, -0.1) is 0 Å². The first-order valence-corrected chi connectivity index (χ1v) is 6.69. The molecule has 0 unspecified atom stereocenters. The second kappa shape index (κ2) is 5.97. The molecule has 3 heteroatoms. The number of benzene rings is 2. The van der Waals surface area contributed by atoms with Gasteiger partial charge >= 0.3 is 0 Å². The number of anilines is 2. The van der Waals surface area contributed by atoms with Crippen LogP contribution in [0.3, 0.4) is 0 Å². The molecule has 1 heterocycles. The molecule has 0 saturated heterocycles. The minimum absolute atomic E-state index is 0.820. The number of nitrogens with one attached hydrogen (secondary N) is 2. The van der Waals surface area contributed by atoms with Crippen LogP contribution in [0.5, 0.6) is 0 Å². The number of hydrogen-bond donors (Lipinski definition) is 2. The summed E-state index contributed by atoms with van der Waals surface area (Å²) < 4.78 is 0. The average molecular weight is 263 g/mol. The summed E-state index contributed by atoms with van der Waals surface area (Å²) in [4.78, 5) is 0. The zero-order chi connectivity index (χ0) is 13.6. The van der Waals surface area contributed by atoms with E-state index in [2.05, 4.69) is 47.2 Å². The average Bonchev–Trinajstić information content (AvgIpc) is 2.51. The Morgan fingerprint density at radius 2 is 1.45 bits per heavy atom. The summed E-state index contributed by atoms with van der Waals surface area (Å²) in [5, 5.41) is 5.43. The first-order chi connectivity index (χ1) is 9.90. The number of rotatable bonds is 4. The van der Waals surface area contributed by atoms with E-state index in [0.29, 0.717) is 0 Å². The first kappa shape index (κ1) is 12.4. The lowest BCUT2D eigenvalue weighted by Gasteiger charge is -2.24.